The van der Waals surface area contributed by atoms with Crippen LogP contribution in [0.25, 0.3) is 0 Å². The molecule has 0 saturated carbocycles. The van der Waals surface area contributed by atoms with Crippen LogP contribution in [0.4, 0.5) is 0 Å². The van der Waals surface area contributed by atoms with E-state index < -0.39 is 0 Å². The van der Waals surface area contributed by atoms with Gasteiger partial charge in [-0.3, -0.25) is 0 Å². The average molecular weight is 369 g/mol. The quantitative estimate of drug-likeness (QED) is 0.566. The third-order valence-electron chi connectivity index (χ3n) is 5.37. The van der Waals surface area contributed by atoms with Gasteiger partial charge in [0, 0.05) is 11.4 Å². The highest BCUT2D eigenvalue weighted by Gasteiger charge is 2.20. The Hall–Kier alpha value is -1.29. The summed E-state index contributed by atoms with van der Waals surface area (Å²) in [5.41, 5.74) is 1.53. The van der Waals surface area contributed by atoms with Crippen LogP contribution in [0.2, 0.25) is 0 Å². The lowest BCUT2D eigenvalue weighted by molar-refractivity contribution is 0.197. The van der Waals surface area contributed by atoms with Crippen LogP contribution in [0.15, 0.2) is 65.6 Å². The fourth-order valence-electron chi connectivity index (χ4n) is 3.85. The first kappa shape index (κ1) is 19.5. The molecule has 0 aromatic heterocycles. The molecule has 2 nitrogen and oxygen atoms in total. The topological polar surface area (TPSA) is 6.48 Å². The minimum atomic E-state index is 0.725. The number of nitrogens with zero attached hydrogens (tertiary/aromatic N) is 2. The van der Waals surface area contributed by atoms with Gasteiger partial charge >= 0.3 is 0 Å². The molecule has 3 heteroatoms. The first-order valence-corrected chi connectivity index (χ1v) is 10.7. The number of rotatable bonds is 8. The van der Waals surface area contributed by atoms with E-state index in [4.69, 9.17) is 0 Å². The van der Waals surface area contributed by atoms with Crippen molar-refractivity contribution in [1.29, 1.82) is 0 Å². The Kier molecular flexibility index (Phi) is 7.60. The molecular weight excluding hydrogens is 336 g/mol. The van der Waals surface area contributed by atoms with Gasteiger partial charge in [0.25, 0.3) is 0 Å². The van der Waals surface area contributed by atoms with Gasteiger partial charge in [-0.1, -0.05) is 55.5 Å². The third-order valence-corrected chi connectivity index (χ3v) is 6.31. The molecule has 1 fully saturated rings. The molecule has 1 heterocycles. The third kappa shape index (κ3) is 6.15. The number of hydrogen-bond donors (Lipinski definition) is 0. The molecule has 0 radical (unpaired) electrons. The van der Waals surface area contributed by atoms with Crippen LogP contribution in [0, 0.1) is 5.92 Å². The molecule has 2 aromatic rings. The number of likely N-dealkylation sites (tertiary alicyclic amines) is 1. The summed E-state index contributed by atoms with van der Waals surface area (Å²) in [6, 6.07) is 21.7. The molecule has 26 heavy (non-hydrogen) atoms. The monoisotopic (exact) mass is 368 g/mol. The van der Waals surface area contributed by atoms with Crippen LogP contribution in [0.5, 0.6) is 0 Å². The highest BCUT2D eigenvalue weighted by atomic mass is 32.2. The van der Waals surface area contributed by atoms with Gasteiger partial charge in [0.15, 0.2) is 0 Å². The molecule has 1 saturated heterocycles. The van der Waals surface area contributed by atoms with Crippen LogP contribution >= 0.6 is 11.9 Å². The Morgan fingerprint density at radius 2 is 1.62 bits per heavy atom. The SMILES string of the molecule is CC(CCN1CCC(c2ccccc2)CC1)CN(C)Sc1ccccc1. The normalized spacial score (nSPS) is 17.5. The van der Waals surface area contributed by atoms with E-state index in [0.717, 1.165) is 18.4 Å². The van der Waals surface area contributed by atoms with E-state index in [1.807, 2.05) is 11.9 Å². The zero-order chi connectivity index (χ0) is 18.2. The molecule has 1 unspecified atom stereocenters. The van der Waals surface area contributed by atoms with Gasteiger partial charge in [-0.25, -0.2) is 4.31 Å². The van der Waals surface area contributed by atoms with Crippen molar-refractivity contribution >= 4 is 11.9 Å². The summed E-state index contributed by atoms with van der Waals surface area (Å²) in [5, 5.41) is 0. The predicted octanol–water partition coefficient (Wildman–Crippen LogP) is 5.53. The molecule has 1 aliphatic rings. The maximum atomic E-state index is 2.67. The van der Waals surface area contributed by atoms with Gasteiger partial charge in [-0.2, -0.15) is 0 Å². The fraction of sp³-hybridized carbons (Fsp3) is 0.478. The van der Waals surface area contributed by atoms with Gasteiger partial charge < -0.3 is 4.90 Å². The first-order valence-electron chi connectivity index (χ1n) is 9.92. The van der Waals surface area contributed by atoms with Gasteiger partial charge in [0.1, 0.15) is 0 Å². The van der Waals surface area contributed by atoms with Crippen LogP contribution in [0.3, 0.4) is 0 Å². The number of hydrogen-bond acceptors (Lipinski definition) is 3. The maximum Gasteiger partial charge on any atom is 0.0230 e. The molecule has 3 rings (SSSR count). The highest BCUT2D eigenvalue weighted by molar-refractivity contribution is 7.97. The standard InChI is InChI=1S/C23H32N2S/c1-20(19-24(2)26-23-11-7-4-8-12-23)13-16-25-17-14-22(15-18-25)21-9-5-3-6-10-21/h3-12,20,22H,13-19H2,1-2H3. The summed E-state index contributed by atoms with van der Waals surface area (Å²) >= 11 is 1.85. The molecule has 2 aromatic carbocycles. The zero-order valence-corrected chi connectivity index (χ0v) is 17.0. The molecule has 140 valence electrons. The number of benzene rings is 2. The second-order valence-corrected chi connectivity index (χ2v) is 8.91. The molecule has 0 bridgehead atoms. The van der Waals surface area contributed by atoms with Crippen molar-refractivity contribution < 1.29 is 0 Å². The summed E-state index contributed by atoms with van der Waals surface area (Å²) in [6.45, 7) is 7.27. The molecule has 0 aliphatic carbocycles. The van der Waals surface area contributed by atoms with E-state index in [1.54, 1.807) is 0 Å². The Morgan fingerprint density at radius 1 is 1.00 bits per heavy atom. The minimum absolute atomic E-state index is 0.725. The van der Waals surface area contributed by atoms with Crippen LogP contribution in [0.1, 0.15) is 37.7 Å². The maximum absolute atomic E-state index is 2.67. The molecule has 0 amide bonds. The Morgan fingerprint density at radius 3 is 2.27 bits per heavy atom. The van der Waals surface area contributed by atoms with Crippen LogP contribution in [-0.4, -0.2) is 42.4 Å². The molecule has 0 N–H and O–H groups in total. The van der Waals surface area contributed by atoms with Crippen molar-refractivity contribution in [3.8, 4) is 0 Å². The summed E-state index contributed by atoms with van der Waals surface area (Å²) < 4.78 is 2.38. The van der Waals surface area contributed by atoms with Gasteiger partial charge in [-0.15, -0.1) is 0 Å². The molecule has 1 aliphatic heterocycles. The van der Waals surface area contributed by atoms with Gasteiger partial charge in [0.2, 0.25) is 0 Å². The average Bonchev–Trinajstić information content (AvgIpc) is 2.68. The van der Waals surface area contributed by atoms with E-state index >= 15 is 0 Å². The van der Waals surface area contributed by atoms with Crippen molar-refractivity contribution in [3.63, 3.8) is 0 Å². The Balaban J connectivity index is 1.34. The fourth-order valence-corrected chi connectivity index (χ4v) is 4.81. The van der Waals surface area contributed by atoms with E-state index in [1.165, 1.54) is 49.4 Å². The smallest absolute Gasteiger partial charge is 0.0230 e. The summed E-state index contributed by atoms with van der Waals surface area (Å²) in [5.74, 6) is 1.49. The van der Waals surface area contributed by atoms with E-state index in [2.05, 4.69) is 83.8 Å². The van der Waals surface area contributed by atoms with E-state index in [0.29, 0.717) is 0 Å². The van der Waals surface area contributed by atoms with Crippen LogP contribution in [-0.2, 0) is 0 Å². The van der Waals surface area contributed by atoms with Crippen molar-refractivity contribution in [1.82, 2.24) is 9.21 Å². The lowest BCUT2D eigenvalue weighted by Gasteiger charge is -2.33. The lowest BCUT2D eigenvalue weighted by atomic mass is 9.89. The second kappa shape index (κ2) is 10.1. The van der Waals surface area contributed by atoms with E-state index in [9.17, 15) is 0 Å². The lowest BCUT2D eigenvalue weighted by Crippen LogP contribution is -2.35. The molecular formula is C23H32N2S. The largest absolute Gasteiger partial charge is 0.303 e. The van der Waals surface area contributed by atoms with Gasteiger partial charge in [0.05, 0.1) is 0 Å². The van der Waals surface area contributed by atoms with Crippen molar-refractivity contribution in [2.24, 2.45) is 5.92 Å². The van der Waals surface area contributed by atoms with Gasteiger partial charge in [-0.05, 0) is 87.4 Å². The Labute approximate surface area is 163 Å². The second-order valence-electron chi connectivity index (χ2n) is 7.64. The molecule has 0 spiro atoms. The summed E-state index contributed by atoms with van der Waals surface area (Å²) in [7, 11) is 2.21. The first-order chi connectivity index (χ1) is 12.7. The predicted molar refractivity (Wildman–Crippen MR) is 114 cm³/mol. The van der Waals surface area contributed by atoms with Crippen molar-refractivity contribution in [2.45, 2.75) is 37.0 Å². The van der Waals surface area contributed by atoms with E-state index in [-0.39, 0.29) is 0 Å². The highest BCUT2D eigenvalue weighted by Crippen LogP contribution is 2.28. The summed E-state index contributed by atoms with van der Waals surface area (Å²) in [6.07, 6.45) is 3.90. The Bertz CT molecular complexity index is 623. The number of piperidine rings is 1. The van der Waals surface area contributed by atoms with Crippen LogP contribution < -0.4 is 0 Å². The van der Waals surface area contributed by atoms with Crippen molar-refractivity contribution in [2.75, 3.05) is 33.2 Å². The zero-order valence-electron chi connectivity index (χ0n) is 16.2. The van der Waals surface area contributed by atoms with Crippen molar-refractivity contribution in [3.05, 3.63) is 66.2 Å². The minimum Gasteiger partial charge on any atom is -0.303 e. The molecule has 1 atom stereocenters. The summed E-state index contributed by atoms with van der Waals surface area (Å²) in [4.78, 5) is 3.99.